The van der Waals surface area contributed by atoms with Gasteiger partial charge in [0.05, 0.1) is 18.4 Å². The fourth-order valence-corrected chi connectivity index (χ4v) is 3.47. The van der Waals surface area contributed by atoms with Gasteiger partial charge < -0.3 is 15.2 Å². The first-order valence-electron chi connectivity index (χ1n) is 7.86. The predicted molar refractivity (Wildman–Crippen MR) is 77.3 cm³/mol. The molecule has 3 atom stereocenters. The molecule has 3 rings (SSSR count). The number of rotatable bonds is 3. The van der Waals surface area contributed by atoms with Crippen molar-refractivity contribution in [2.75, 3.05) is 6.54 Å². The van der Waals surface area contributed by atoms with Crippen LogP contribution < -0.4 is 10.6 Å². The molecule has 2 aliphatic rings. The Balaban J connectivity index is 1.60. The summed E-state index contributed by atoms with van der Waals surface area (Å²) in [6, 6.07) is 0.621. The van der Waals surface area contributed by atoms with Gasteiger partial charge >= 0.3 is 0 Å². The summed E-state index contributed by atoms with van der Waals surface area (Å²) in [5, 5.41) is 6.64. The Bertz CT molecular complexity index is 423. The lowest BCUT2D eigenvalue weighted by Gasteiger charge is -2.25. The van der Waals surface area contributed by atoms with E-state index in [1.807, 2.05) is 18.7 Å². The quantitative estimate of drug-likeness (QED) is 0.882. The smallest absolute Gasteiger partial charge is 0.237 e. The van der Waals surface area contributed by atoms with Crippen molar-refractivity contribution in [3.63, 3.8) is 0 Å². The van der Waals surface area contributed by atoms with Crippen molar-refractivity contribution in [3.05, 3.63) is 18.7 Å². The number of carbonyl (C=O) groups excluding carboxylic acids is 1. The van der Waals surface area contributed by atoms with Gasteiger partial charge in [0.25, 0.3) is 0 Å². The Morgan fingerprint density at radius 1 is 1.20 bits per heavy atom. The summed E-state index contributed by atoms with van der Waals surface area (Å²) in [7, 11) is 0. The van der Waals surface area contributed by atoms with Crippen molar-refractivity contribution in [1.82, 2.24) is 20.2 Å². The summed E-state index contributed by atoms with van der Waals surface area (Å²) < 4.78 is 2.14. The maximum absolute atomic E-state index is 12.4. The van der Waals surface area contributed by atoms with Crippen molar-refractivity contribution >= 4 is 5.91 Å². The zero-order valence-electron chi connectivity index (χ0n) is 11.9. The van der Waals surface area contributed by atoms with Crippen LogP contribution >= 0.6 is 0 Å². The molecule has 5 nitrogen and oxygen atoms in total. The molecule has 1 saturated carbocycles. The summed E-state index contributed by atoms with van der Waals surface area (Å²) in [5.41, 5.74) is 0. The van der Waals surface area contributed by atoms with Gasteiger partial charge in [0.15, 0.2) is 0 Å². The molecule has 0 radical (unpaired) electrons. The third kappa shape index (κ3) is 3.03. The van der Waals surface area contributed by atoms with E-state index in [0.29, 0.717) is 6.04 Å². The summed E-state index contributed by atoms with van der Waals surface area (Å²) in [6.45, 7) is 0.966. The Morgan fingerprint density at radius 2 is 2.15 bits per heavy atom. The fraction of sp³-hybridized carbons (Fsp3) is 0.733. The van der Waals surface area contributed by atoms with E-state index < -0.39 is 0 Å². The molecule has 2 N–H and O–H groups in total. The average Bonchev–Trinajstić information content (AvgIpc) is 3.04. The van der Waals surface area contributed by atoms with Crippen LogP contribution in [0, 0.1) is 0 Å². The molecule has 1 amide bonds. The number of hydrogen-bond acceptors (Lipinski definition) is 3. The second kappa shape index (κ2) is 6.39. The summed E-state index contributed by atoms with van der Waals surface area (Å²) in [6.07, 6.45) is 13.6. The number of carbonyl (C=O) groups is 1. The number of nitrogens with one attached hydrogen (secondary N) is 2. The van der Waals surface area contributed by atoms with Crippen LogP contribution in [0.2, 0.25) is 0 Å². The molecule has 1 aliphatic carbocycles. The summed E-state index contributed by atoms with van der Waals surface area (Å²) in [4.78, 5) is 16.5. The Morgan fingerprint density at radius 3 is 3.00 bits per heavy atom. The van der Waals surface area contributed by atoms with Crippen LogP contribution in [0.1, 0.15) is 51.0 Å². The lowest BCUT2D eigenvalue weighted by Crippen LogP contribution is -2.48. The molecule has 2 fully saturated rings. The topological polar surface area (TPSA) is 59.0 Å². The van der Waals surface area contributed by atoms with Crippen LogP contribution in [0.5, 0.6) is 0 Å². The second-order valence-electron chi connectivity index (χ2n) is 5.98. The van der Waals surface area contributed by atoms with E-state index in [-0.39, 0.29) is 18.0 Å². The van der Waals surface area contributed by atoms with Crippen LogP contribution in [-0.4, -0.2) is 34.1 Å². The number of hydrogen-bond donors (Lipinski definition) is 2. The molecule has 20 heavy (non-hydrogen) atoms. The number of nitrogens with zero attached hydrogens (tertiary/aromatic N) is 2. The third-order valence-corrected chi connectivity index (χ3v) is 4.59. The summed E-state index contributed by atoms with van der Waals surface area (Å²) in [5.74, 6) is 0.184. The first-order chi connectivity index (χ1) is 9.84. The van der Waals surface area contributed by atoms with Crippen molar-refractivity contribution < 1.29 is 4.79 Å². The number of aromatic nitrogens is 2. The normalized spacial score (nSPS) is 30.9. The van der Waals surface area contributed by atoms with E-state index in [1.165, 1.54) is 19.3 Å². The van der Waals surface area contributed by atoms with Gasteiger partial charge in [0.1, 0.15) is 0 Å². The molecule has 110 valence electrons. The molecule has 3 unspecified atom stereocenters. The molecule has 1 aromatic heterocycles. The van der Waals surface area contributed by atoms with Crippen LogP contribution in [0.25, 0.3) is 0 Å². The van der Waals surface area contributed by atoms with E-state index >= 15 is 0 Å². The molecule has 1 aliphatic heterocycles. The monoisotopic (exact) mass is 276 g/mol. The molecule has 0 aromatic carbocycles. The van der Waals surface area contributed by atoms with E-state index in [4.69, 9.17) is 0 Å². The van der Waals surface area contributed by atoms with Crippen molar-refractivity contribution in [2.45, 2.75) is 63.1 Å². The van der Waals surface area contributed by atoms with Crippen molar-refractivity contribution in [3.8, 4) is 0 Å². The Labute approximate surface area is 120 Å². The van der Waals surface area contributed by atoms with Gasteiger partial charge in [0.2, 0.25) is 5.91 Å². The van der Waals surface area contributed by atoms with Crippen LogP contribution in [0.3, 0.4) is 0 Å². The van der Waals surface area contributed by atoms with Gasteiger partial charge in [-0.25, -0.2) is 4.98 Å². The van der Waals surface area contributed by atoms with E-state index in [0.717, 1.165) is 32.2 Å². The minimum Gasteiger partial charge on any atom is -0.350 e. The van der Waals surface area contributed by atoms with Gasteiger partial charge in [-0.15, -0.1) is 0 Å². The van der Waals surface area contributed by atoms with Gasteiger partial charge in [-0.2, -0.15) is 0 Å². The second-order valence-corrected chi connectivity index (χ2v) is 5.98. The van der Waals surface area contributed by atoms with Gasteiger partial charge in [-0.1, -0.05) is 12.8 Å². The van der Waals surface area contributed by atoms with Crippen molar-refractivity contribution in [2.24, 2.45) is 0 Å². The standard InChI is InChI=1S/C15H24N4O/c20-15(13-5-2-1-3-8-17-13)18-12-6-4-7-14(12)19-10-9-16-11-19/h9-14,17H,1-8H2,(H,18,20). The molecule has 1 saturated heterocycles. The highest BCUT2D eigenvalue weighted by atomic mass is 16.2. The predicted octanol–water partition coefficient (Wildman–Crippen LogP) is 1.63. The highest BCUT2D eigenvalue weighted by Crippen LogP contribution is 2.30. The van der Waals surface area contributed by atoms with Crippen molar-refractivity contribution in [1.29, 1.82) is 0 Å². The van der Waals surface area contributed by atoms with Gasteiger partial charge in [-0.3, -0.25) is 4.79 Å². The zero-order chi connectivity index (χ0) is 13.8. The van der Waals surface area contributed by atoms with E-state index in [1.54, 1.807) is 0 Å². The largest absolute Gasteiger partial charge is 0.350 e. The Kier molecular flexibility index (Phi) is 4.35. The zero-order valence-corrected chi connectivity index (χ0v) is 11.9. The molecule has 5 heteroatoms. The highest BCUT2D eigenvalue weighted by molar-refractivity contribution is 5.82. The molecule has 0 bridgehead atoms. The molecular formula is C15H24N4O. The maximum Gasteiger partial charge on any atom is 0.237 e. The lowest BCUT2D eigenvalue weighted by molar-refractivity contribution is -0.124. The van der Waals surface area contributed by atoms with Gasteiger partial charge in [-0.05, 0) is 38.6 Å². The SMILES string of the molecule is O=C(NC1CCCC1n1ccnc1)C1CCCCCN1. The minimum absolute atomic E-state index is 0.00142. The first kappa shape index (κ1) is 13.6. The fourth-order valence-electron chi connectivity index (χ4n) is 3.47. The molecule has 1 aromatic rings. The van der Waals surface area contributed by atoms with Crippen LogP contribution in [-0.2, 0) is 4.79 Å². The Hall–Kier alpha value is -1.36. The van der Waals surface area contributed by atoms with E-state index in [2.05, 4.69) is 20.2 Å². The number of imidazole rings is 1. The van der Waals surface area contributed by atoms with E-state index in [9.17, 15) is 4.79 Å². The first-order valence-corrected chi connectivity index (χ1v) is 7.86. The highest BCUT2D eigenvalue weighted by Gasteiger charge is 2.31. The number of amides is 1. The molecule has 2 heterocycles. The molecular weight excluding hydrogens is 252 g/mol. The minimum atomic E-state index is 0.00142. The van der Waals surface area contributed by atoms with Crippen LogP contribution in [0.15, 0.2) is 18.7 Å². The van der Waals surface area contributed by atoms with Crippen LogP contribution in [0.4, 0.5) is 0 Å². The van der Waals surface area contributed by atoms with Gasteiger partial charge in [0, 0.05) is 18.4 Å². The lowest BCUT2D eigenvalue weighted by atomic mass is 10.1. The molecule has 0 spiro atoms. The average molecular weight is 276 g/mol. The summed E-state index contributed by atoms with van der Waals surface area (Å²) >= 11 is 0. The third-order valence-electron chi connectivity index (χ3n) is 4.59. The maximum atomic E-state index is 12.4.